The van der Waals surface area contributed by atoms with Gasteiger partial charge in [0.2, 0.25) is 14.3 Å². The molecule has 8 rings (SSSR count). The smallest absolute Gasteiger partial charge is 0.269 e. The summed E-state index contributed by atoms with van der Waals surface area (Å²) in [5, 5.41) is 23.7. The van der Waals surface area contributed by atoms with Crippen LogP contribution < -0.4 is 9.80 Å². The van der Waals surface area contributed by atoms with Crippen LogP contribution in [0, 0.1) is 16.0 Å². The number of aliphatic hydroxyl groups excluding tert-OH is 1. The lowest BCUT2D eigenvalue weighted by Crippen LogP contribution is -2.45. The van der Waals surface area contributed by atoms with Gasteiger partial charge in [0.15, 0.2) is 5.60 Å². The lowest BCUT2D eigenvalue weighted by atomic mass is 9.82. The van der Waals surface area contributed by atoms with Crippen molar-refractivity contribution < 1.29 is 33.3 Å². The molecule has 2 fully saturated rings. The Bertz CT molecular complexity index is 2150. The number of ether oxygens (including phenoxy) is 1. The van der Waals surface area contributed by atoms with Crippen LogP contribution in [0.1, 0.15) is 47.7 Å². The number of hydrogen-bond acceptors (Lipinski definition) is 7. The van der Waals surface area contributed by atoms with Gasteiger partial charge in [-0.3, -0.25) is 29.4 Å². The molecule has 0 bridgehead atoms. The van der Waals surface area contributed by atoms with Crippen molar-refractivity contribution in [1.82, 2.24) is 4.90 Å². The SMILES string of the molecule is C[C@@H]1[C@@H]([Si](C)(C)F)[C@H](CC(=O)N2CCC[C@H]2CO)O[C@@]12C(=O)N(Cc1ccc(N3C(=O)c4cccc5cccc3c45)cc1)c1ccc([N+](=O)[O-])cc12. The lowest BCUT2D eigenvalue weighted by Gasteiger charge is -2.31. The van der Waals surface area contributed by atoms with Gasteiger partial charge in [0.05, 0.1) is 53.6 Å². The third-order valence-electron chi connectivity index (χ3n) is 11.5. The number of fused-ring (bicyclic) bond motifs is 2. The molecule has 0 aliphatic carbocycles. The van der Waals surface area contributed by atoms with Crippen molar-refractivity contribution in [2.24, 2.45) is 5.92 Å². The van der Waals surface area contributed by atoms with Crippen LogP contribution >= 0.6 is 0 Å². The number of nitro benzene ring substituents is 1. The summed E-state index contributed by atoms with van der Waals surface area (Å²) in [7, 11) is -3.61. The van der Waals surface area contributed by atoms with Crippen LogP contribution in [0.5, 0.6) is 0 Å². The van der Waals surface area contributed by atoms with E-state index in [1.165, 1.54) is 36.2 Å². The third-order valence-corrected chi connectivity index (χ3v) is 14.0. The molecule has 4 aromatic carbocycles. The molecular weight excluding hydrogens is 684 g/mol. The number of carbonyl (C=O) groups excluding carboxylic acids is 3. The number of aliphatic hydroxyl groups is 1. The first kappa shape index (κ1) is 34.1. The number of amides is 3. The second-order valence-corrected chi connectivity index (χ2v) is 18.7. The van der Waals surface area contributed by atoms with Crippen molar-refractivity contribution in [3.8, 4) is 0 Å². The van der Waals surface area contributed by atoms with Crippen molar-refractivity contribution in [3.63, 3.8) is 0 Å². The summed E-state index contributed by atoms with van der Waals surface area (Å²) in [5.74, 6) is -1.61. The standard InChI is InChI=1S/C39H39FN4O7Si/c1-23-36(52(2,3)40)33(20-34(46)41-18-6-9-28(41)22-45)51-39(23)30-19-27(44(49)50)16-17-31(30)42(38(39)48)21-24-12-14-26(15-13-24)43-32-11-5-8-25-7-4-10-29(35(25)32)37(43)47/h4-5,7-8,10-17,19,23,28,33,36,45H,6,9,18,20-22H2,1-3H3/t23-,28+,33+,36-,39+/m1/s1. The molecule has 11 nitrogen and oxygen atoms in total. The summed E-state index contributed by atoms with van der Waals surface area (Å²) in [6.45, 7) is 5.22. The predicted molar refractivity (Wildman–Crippen MR) is 196 cm³/mol. The average Bonchev–Trinajstić information content (AvgIpc) is 3.85. The predicted octanol–water partition coefficient (Wildman–Crippen LogP) is 6.74. The zero-order valence-corrected chi connectivity index (χ0v) is 30.1. The highest BCUT2D eigenvalue weighted by Gasteiger charge is 2.67. The number of hydrogen-bond donors (Lipinski definition) is 1. The molecule has 0 radical (unpaired) electrons. The van der Waals surface area contributed by atoms with E-state index in [0.717, 1.165) is 28.4 Å². The van der Waals surface area contributed by atoms with Gasteiger partial charge in [0.25, 0.3) is 17.5 Å². The molecule has 2 saturated heterocycles. The maximum atomic E-state index is 16.3. The molecule has 4 aliphatic rings. The summed E-state index contributed by atoms with van der Waals surface area (Å²) < 4.78 is 23.0. The first-order valence-electron chi connectivity index (χ1n) is 17.7. The number of carbonyl (C=O) groups is 3. The number of rotatable bonds is 8. The van der Waals surface area contributed by atoms with Crippen LogP contribution in [0.2, 0.25) is 18.6 Å². The molecule has 0 saturated carbocycles. The van der Waals surface area contributed by atoms with Gasteiger partial charge >= 0.3 is 0 Å². The Hall–Kier alpha value is -4.98. The molecule has 1 N–H and O–H groups in total. The highest BCUT2D eigenvalue weighted by Crippen LogP contribution is 2.61. The minimum atomic E-state index is -3.61. The Morgan fingerprint density at radius 3 is 2.48 bits per heavy atom. The van der Waals surface area contributed by atoms with Crippen molar-refractivity contribution in [3.05, 3.63) is 106 Å². The summed E-state index contributed by atoms with van der Waals surface area (Å²) in [6, 6.07) is 22.7. The van der Waals surface area contributed by atoms with E-state index >= 15 is 4.11 Å². The van der Waals surface area contributed by atoms with Crippen LogP contribution in [0.4, 0.5) is 26.9 Å². The van der Waals surface area contributed by atoms with Gasteiger partial charge < -0.3 is 23.8 Å². The van der Waals surface area contributed by atoms with Gasteiger partial charge in [-0.05, 0) is 67.2 Å². The van der Waals surface area contributed by atoms with E-state index in [4.69, 9.17) is 4.74 Å². The molecule has 0 unspecified atom stereocenters. The van der Waals surface area contributed by atoms with E-state index in [-0.39, 0.29) is 48.7 Å². The average molecular weight is 723 g/mol. The molecule has 4 aromatic rings. The third kappa shape index (κ3) is 5.08. The Morgan fingerprint density at radius 1 is 1.06 bits per heavy atom. The van der Waals surface area contributed by atoms with Crippen molar-refractivity contribution in [2.75, 3.05) is 23.0 Å². The number of anilines is 3. The highest BCUT2D eigenvalue weighted by atomic mass is 28.4. The second-order valence-electron chi connectivity index (χ2n) is 14.9. The summed E-state index contributed by atoms with van der Waals surface area (Å²) >= 11 is 0. The summed E-state index contributed by atoms with van der Waals surface area (Å²) in [4.78, 5) is 58.2. The fourth-order valence-electron chi connectivity index (χ4n) is 9.25. The molecule has 5 atom stereocenters. The molecule has 1 spiro atoms. The number of nitrogens with zero attached hydrogens (tertiary/aromatic N) is 4. The Morgan fingerprint density at radius 2 is 1.79 bits per heavy atom. The fraction of sp³-hybridized carbons (Fsp3) is 0.359. The molecule has 3 amide bonds. The maximum absolute atomic E-state index is 16.3. The largest absolute Gasteiger partial charge is 0.394 e. The molecule has 13 heteroatoms. The first-order chi connectivity index (χ1) is 24.8. The van der Waals surface area contributed by atoms with E-state index in [9.17, 15) is 29.6 Å². The van der Waals surface area contributed by atoms with Crippen molar-refractivity contribution >= 4 is 59.7 Å². The minimum absolute atomic E-state index is 0.0855. The Balaban J connectivity index is 1.13. The van der Waals surface area contributed by atoms with E-state index in [1.807, 2.05) is 60.7 Å². The highest BCUT2D eigenvalue weighted by molar-refractivity contribution is 6.72. The van der Waals surface area contributed by atoms with E-state index in [1.54, 1.807) is 16.7 Å². The zero-order valence-electron chi connectivity index (χ0n) is 29.1. The van der Waals surface area contributed by atoms with Gasteiger partial charge in [-0.1, -0.05) is 43.3 Å². The minimum Gasteiger partial charge on any atom is -0.394 e. The molecule has 0 aromatic heterocycles. The van der Waals surface area contributed by atoms with Crippen LogP contribution in [0.15, 0.2) is 78.9 Å². The Kier molecular flexibility index (Phi) is 8.08. The number of non-ortho nitro benzene ring substituents is 1. The number of halogens is 1. The normalized spacial score (nSPS) is 25.2. The van der Waals surface area contributed by atoms with E-state index < -0.39 is 42.4 Å². The molecular formula is C39H39FN4O7Si. The van der Waals surface area contributed by atoms with Crippen LogP contribution in [0.3, 0.4) is 0 Å². The van der Waals surface area contributed by atoms with Crippen molar-refractivity contribution in [2.45, 2.75) is 69.1 Å². The van der Waals surface area contributed by atoms with Crippen LogP contribution in [-0.2, 0) is 26.5 Å². The quantitative estimate of drug-likeness (QED) is 0.0923. The second kappa shape index (κ2) is 12.3. The first-order valence-corrected chi connectivity index (χ1v) is 20.6. The topological polar surface area (TPSA) is 134 Å². The summed E-state index contributed by atoms with van der Waals surface area (Å²) in [6.07, 6.45) is 0.305. The molecule has 52 heavy (non-hydrogen) atoms. The van der Waals surface area contributed by atoms with Crippen LogP contribution in [0.25, 0.3) is 10.8 Å². The maximum Gasteiger partial charge on any atom is 0.269 e. The van der Waals surface area contributed by atoms with Crippen LogP contribution in [-0.4, -0.2) is 66.4 Å². The summed E-state index contributed by atoms with van der Waals surface area (Å²) in [5.41, 5.74) is 0.794. The number of benzene rings is 4. The molecule has 4 heterocycles. The van der Waals surface area contributed by atoms with Gasteiger partial charge in [0, 0.05) is 46.8 Å². The van der Waals surface area contributed by atoms with Crippen molar-refractivity contribution in [1.29, 1.82) is 0 Å². The lowest BCUT2D eigenvalue weighted by molar-refractivity contribution is -0.385. The van der Waals surface area contributed by atoms with Gasteiger partial charge in [-0.25, -0.2) is 0 Å². The van der Waals surface area contributed by atoms with E-state index in [0.29, 0.717) is 29.9 Å². The van der Waals surface area contributed by atoms with Gasteiger partial charge in [-0.15, -0.1) is 0 Å². The van der Waals surface area contributed by atoms with Gasteiger partial charge in [-0.2, -0.15) is 0 Å². The number of nitro groups is 1. The molecule has 268 valence electrons. The van der Waals surface area contributed by atoms with E-state index in [2.05, 4.69) is 0 Å². The Labute approximate surface area is 300 Å². The fourth-order valence-corrected chi connectivity index (χ4v) is 11.7. The van der Waals surface area contributed by atoms with Gasteiger partial charge in [0.1, 0.15) is 0 Å². The molecule has 4 aliphatic heterocycles. The monoisotopic (exact) mass is 722 g/mol. The zero-order chi connectivity index (χ0) is 36.7. The number of likely N-dealkylation sites (tertiary alicyclic amines) is 1.